The highest BCUT2D eigenvalue weighted by Crippen LogP contribution is 2.17. The third kappa shape index (κ3) is 5.15. The molecule has 0 radical (unpaired) electrons. The van der Waals surface area contributed by atoms with Crippen molar-refractivity contribution < 1.29 is 0 Å². The minimum absolute atomic E-state index is 0. The number of nitrogens with one attached hydrogen (secondary N) is 1. The Hall–Kier alpha value is -1.05. The first-order valence-electron chi connectivity index (χ1n) is 6.91. The van der Waals surface area contributed by atoms with Crippen molar-refractivity contribution in [2.24, 2.45) is 10.7 Å². The van der Waals surface area contributed by atoms with E-state index < -0.39 is 0 Å². The van der Waals surface area contributed by atoms with Crippen molar-refractivity contribution in [1.29, 1.82) is 0 Å². The van der Waals surface area contributed by atoms with Gasteiger partial charge in [-0.3, -0.25) is 0 Å². The van der Waals surface area contributed by atoms with E-state index in [0.29, 0.717) is 18.5 Å². The van der Waals surface area contributed by atoms with Gasteiger partial charge in [0, 0.05) is 25.3 Å². The Bertz CT molecular complexity index is 424. The summed E-state index contributed by atoms with van der Waals surface area (Å²) >= 11 is 0. The zero-order chi connectivity index (χ0) is 13.7. The fourth-order valence-electron chi connectivity index (χ4n) is 2.16. The van der Waals surface area contributed by atoms with Gasteiger partial charge in [-0.2, -0.15) is 0 Å². The van der Waals surface area contributed by atoms with Crippen molar-refractivity contribution >= 4 is 35.8 Å². The summed E-state index contributed by atoms with van der Waals surface area (Å²) in [5, 5.41) is 3.07. The molecular weight excluding hydrogens is 365 g/mol. The SMILES string of the molecule is CC(C)NC(N)=NCc1ccc(N2CCCC2)nc1.I. The molecule has 0 saturated carbocycles. The number of nitrogens with zero attached hydrogens (tertiary/aromatic N) is 3. The Morgan fingerprint density at radius 3 is 2.65 bits per heavy atom. The van der Waals surface area contributed by atoms with Crippen LogP contribution in [0.2, 0.25) is 0 Å². The van der Waals surface area contributed by atoms with E-state index in [1.54, 1.807) is 0 Å². The van der Waals surface area contributed by atoms with Crippen LogP contribution in [0, 0.1) is 0 Å². The first kappa shape index (κ1) is 17.0. The topological polar surface area (TPSA) is 66.5 Å². The smallest absolute Gasteiger partial charge is 0.189 e. The highest BCUT2D eigenvalue weighted by Gasteiger charge is 2.12. The molecule has 112 valence electrons. The number of rotatable bonds is 4. The molecule has 1 aromatic heterocycles. The lowest BCUT2D eigenvalue weighted by Crippen LogP contribution is -2.36. The minimum Gasteiger partial charge on any atom is -0.370 e. The number of pyridine rings is 1. The van der Waals surface area contributed by atoms with E-state index in [-0.39, 0.29) is 24.0 Å². The third-order valence-electron chi connectivity index (χ3n) is 3.11. The van der Waals surface area contributed by atoms with Crippen molar-refractivity contribution in [3.63, 3.8) is 0 Å². The Morgan fingerprint density at radius 2 is 2.10 bits per heavy atom. The average molecular weight is 389 g/mol. The molecule has 1 fully saturated rings. The maximum absolute atomic E-state index is 5.76. The fraction of sp³-hybridized carbons (Fsp3) is 0.571. The van der Waals surface area contributed by atoms with Gasteiger partial charge >= 0.3 is 0 Å². The second-order valence-electron chi connectivity index (χ2n) is 5.22. The van der Waals surface area contributed by atoms with Gasteiger partial charge < -0.3 is 16.0 Å². The molecule has 0 aliphatic carbocycles. The molecule has 0 unspecified atom stereocenters. The van der Waals surface area contributed by atoms with Crippen LogP contribution in [-0.2, 0) is 6.54 Å². The quantitative estimate of drug-likeness (QED) is 0.470. The van der Waals surface area contributed by atoms with E-state index in [1.165, 1.54) is 12.8 Å². The average Bonchev–Trinajstić information content (AvgIpc) is 2.90. The molecule has 5 nitrogen and oxygen atoms in total. The number of aromatic nitrogens is 1. The molecule has 0 amide bonds. The number of hydrogen-bond acceptors (Lipinski definition) is 3. The van der Waals surface area contributed by atoms with Crippen molar-refractivity contribution in [1.82, 2.24) is 10.3 Å². The number of halogens is 1. The van der Waals surface area contributed by atoms with Gasteiger partial charge in [0.25, 0.3) is 0 Å². The monoisotopic (exact) mass is 389 g/mol. The predicted molar refractivity (Wildman–Crippen MR) is 94.7 cm³/mol. The molecule has 6 heteroatoms. The zero-order valence-electron chi connectivity index (χ0n) is 12.2. The van der Waals surface area contributed by atoms with Crippen LogP contribution in [0.4, 0.5) is 5.82 Å². The van der Waals surface area contributed by atoms with Gasteiger partial charge in [-0.25, -0.2) is 9.98 Å². The zero-order valence-corrected chi connectivity index (χ0v) is 14.5. The molecule has 1 aliphatic heterocycles. The van der Waals surface area contributed by atoms with E-state index in [9.17, 15) is 0 Å². The van der Waals surface area contributed by atoms with E-state index in [0.717, 1.165) is 24.5 Å². The maximum Gasteiger partial charge on any atom is 0.189 e. The van der Waals surface area contributed by atoms with Crippen LogP contribution in [-0.4, -0.2) is 30.1 Å². The number of aliphatic imine (C=N–C) groups is 1. The molecule has 1 saturated heterocycles. The normalized spacial score (nSPS) is 15.3. The molecule has 1 aromatic rings. The molecule has 2 heterocycles. The largest absolute Gasteiger partial charge is 0.370 e. The summed E-state index contributed by atoms with van der Waals surface area (Å²) in [4.78, 5) is 11.1. The number of guanidine groups is 1. The number of anilines is 1. The summed E-state index contributed by atoms with van der Waals surface area (Å²) in [7, 11) is 0. The van der Waals surface area contributed by atoms with Gasteiger partial charge in [-0.05, 0) is 38.3 Å². The van der Waals surface area contributed by atoms with Crippen LogP contribution in [0.15, 0.2) is 23.3 Å². The molecule has 3 N–H and O–H groups in total. The van der Waals surface area contributed by atoms with Gasteiger partial charge in [0.05, 0.1) is 6.54 Å². The molecule has 20 heavy (non-hydrogen) atoms. The summed E-state index contributed by atoms with van der Waals surface area (Å²) in [5.74, 6) is 1.55. The van der Waals surface area contributed by atoms with E-state index in [4.69, 9.17) is 5.73 Å². The van der Waals surface area contributed by atoms with Crippen LogP contribution in [0.25, 0.3) is 0 Å². The molecule has 0 spiro atoms. The van der Waals surface area contributed by atoms with Crippen LogP contribution in [0.3, 0.4) is 0 Å². The second-order valence-corrected chi connectivity index (χ2v) is 5.22. The first-order chi connectivity index (χ1) is 9.15. The van der Waals surface area contributed by atoms with Gasteiger partial charge in [-0.15, -0.1) is 24.0 Å². The van der Waals surface area contributed by atoms with E-state index >= 15 is 0 Å². The molecular formula is C14H24IN5. The standard InChI is InChI=1S/C14H23N5.HI/c1-11(2)18-14(15)17-10-12-5-6-13(16-9-12)19-7-3-4-8-19;/h5-6,9,11H,3-4,7-8,10H2,1-2H3,(H3,15,17,18);1H. The van der Waals surface area contributed by atoms with Crippen molar-refractivity contribution in [2.75, 3.05) is 18.0 Å². The summed E-state index contributed by atoms with van der Waals surface area (Å²) in [5.41, 5.74) is 6.84. The van der Waals surface area contributed by atoms with Gasteiger partial charge in [-0.1, -0.05) is 6.07 Å². The van der Waals surface area contributed by atoms with Crippen molar-refractivity contribution in [2.45, 2.75) is 39.3 Å². The Kier molecular flexibility index (Phi) is 7.04. The molecule has 0 atom stereocenters. The minimum atomic E-state index is 0. The van der Waals surface area contributed by atoms with Crippen LogP contribution >= 0.6 is 24.0 Å². The molecule has 0 bridgehead atoms. The van der Waals surface area contributed by atoms with Gasteiger partial charge in [0.1, 0.15) is 5.82 Å². The van der Waals surface area contributed by atoms with Crippen LogP contribution < -0.4 is 16.0 Å². The summed E-state index contributed by atoms with van der Waals surface area (Å²) < 4.78 is 0. The molecule has 2 rings (SSSR count). The van der Waals surface area contributed by atoms with Crippen molar-refractivity contribution in [3.8, 4) is 0 Å². The van der Waals surface area contributed by atoms with Crippen LogP contribution in [0.5, 0.6) is 0 Å². The third-order valence-corrected chi connectivity index (χ3v) is 3.11. The highest BCUT2D eigenvalue weighted by molar-refractivity contribution is 14.0. The Balaban J connectivity index is 0.00000200. The lowest BCUT2D eigenvalue weighted by molar-refractivity contribution is 0.723. The summed E-state index contributed by atoms with van der Waals surface area (Å²) in [6.45, 7) is 6.88. The summed E-state index contributed by atoms with van der Waals surface area (Å²) in [6.07, 6.45) is 4.43. The highest BCUT2D eigenvalue weighted by atomic mass is 127. The van der Waals surface area contributed by atoms with Crippen molar-refractivity contribution in [3.05, 3.63) is 23.9 Å². The summed E-state index contributed by atoms with van der Waals surface area (Å²) in [6, 6.07) is 4.45. The molecule has 1 aliphatic rings. The fourth-order valence-corrected chi connectivity index (χ4v) is 2.16. The first-order valence-corrected chi connectivity index (χ1v) is 6.91. The maximum atomic E-state index is 5.76. The van der Waals surface area contributed by atoms with E-state index in [1.807, 2.05) is 20.0 Å². The lowest BCUT2D eigenvalue weighted by Gasteiger charge is -2.16. The Morgan fingerprint density at radius 1 is 1.40 bits per heavy atom. The number of nitrogens with two attached hydrogens (primary N) is 1. The van der Waals surface area contributed by atoms with E-state index in [2.05, 4.69) is 32.3 Å². The molecule has 0 aromatic carbocycles. The second kappa shape index (κ2) is 8.28. The van der Waals surface area contributed by atoms with Gasteiger partial charge in [0.15, 0.2) is 5.96 Å². The Labute approximate surface area is 138 Å². The lowest BCUT2D eigenvalue weighted by atomic mass is 10.3. The number of hydrogen-bond donors (Lipinski definition) is 2. The van der Waals surface area contributed by atoms with Crippen LogP contribution in [0.1, 0.15) is 32.3 Å². The van der Waals surface area contributed by atoms with Gasteiger partial charge in [0.2, 0.25) is 0 Å². The predicted octanol–water partition coefficient (Wildman–Crippen LogP) is 2.11.